The third-order valence-electron chi connectivity index (χ3n) is 3.91. The maximum atomic E-state index is 13.1. The second-order valence-corrected chi connectivity index (χ2v) is 5.29. The van der Waals surface area contributed by atoms with Gasteiger partial charge in [-0.05, 0) is 31.9 Å². The van der Waals surface area contributed by atoms with Crippen molar-refractivity contribution in [2.24, 2.45) is 11.1 Å². The van der Waals surface area contributed by atoms with Crippen LogP contribution in [0.4, 0.5) is 4.39 Å². The van der Waals surface area contributed by atoms with E-state index in [0.717, 1.165) is 0 Å². The molecule has 0 bridgehead atoms. The molecule has 1 atom stereocenters. The van der Waals surface area contributed by atoms with E-state index in [0.29, 0.717) is 31.7 Å². The number of nitrogens with two attached hydrogens (primary N) is 1. The molecule has 0 aliphatic heterocycles. The summed E-state index contributed by atoms with van der Waals surface area (Å²) in [6.07, 6.45) is 1.15. The highest BCUT2D eigenvalue weighted by Gasteiger charge is 2.33. The van der Waals surface area contributed by atoms with Crippen molar-refractivity contribution < 1.29 is 13.9 Å². The van der Waals surface area contributed by atoms with E-state index in [1.165, 1.54) is 12.1 Å². The van der Waals surface area contributed by atoms with Gasteiger partial charge in [0, 0.05) is 12.6 Å². The number of benzene rings is 1. The third kappa shape index (κ3) is 5.46. The summed E-state index contributed by atoms with van der Waals surface area (Å²) in [6, 6.07) is 5.95. The van der Waals surface area contributed by atoms with E-state index in [1.54, 1.807) is 12.1 Å². The predicted octanol–water partition coefficient (Wildman–Crippen LogP) is 2.90. The largest absolute Gasteiger partial charge is 0.489 e. The minimum Gasteiger partial charge on any atom is -0.489 e. The van der Waals surface area contributed by atoms with Gasteiger partial charge >= 0.3 is 0 Å². The maximum Gasteiger partial charge on any atom is 0.227 e. The number of hydrogen-bond donors (Lipinski definition) is 2. The number of hydrogen-bond acceptors (Lipinski definition) is 3. The Morgan fingerprint density at radius 2 is 2.05 bits per heavy atom. The molecule has 0 aliphatic rings. The highest BCUT2D eigenvalue weighted by atomic mass is 35.5. The number of rotatable bonds is 8. The molecule has 0 spiro atoms. The first-order chi connectivity index (χ1) is 9.97. The molecule has 0 heterocycles. The molecule has 4 nitrogen and oxygen atoms in total. The van der Waals surface area contributed by atoms with E-state index in [9.17, 15) is 9.18 Å². The second kappa shape index (κ2) is 9.64. The number of amides is 1. The van der Waals surface area contributed by atoms with Crippen LogP contribution in [0.3, 0.4) is 0 Å². The van der Waals surface area contributed by atoms with E-state index in [1.807, 2.05) is 20.8 Å². The second-order valence-electron chi connectivity index (χ2n) is 5.29. The lowest BCUT2D eigenvalue weighted by Gasteiger charge is -2.29. The molecule has 0 aliphatic carbocycles. The third-order valence-corrected chi connectivity index (χ3v) is 3.91. The van der Waals surface area contributed by atoms with Crippen LogP contribution in [-0.4, -0.2) is 25.1 Å². The van der Waals surface area contributed by atoms with Gasteiger partial charge in [0.15, 0.2) is 0 Å². The van der Waals surface area contributed by atoms with Crippen LogP contribution in [0.2, 0.25) is 0 Å². The molecule has 22 heavy (non-hydrogen) atoms. The molecule has 126 valence electrons. The average Bonchev–Trinajstić information content (AvgIpc) is 2.47. The molecule has 1 amide bonds. The van der Waals surface area contributed by atoms with Crippen LogP contribution in [-0.2, 0) is 4.79 Å². The molecule has 1 aromatic rings. The van der Waals surface area contributed by atoms with E-state index >= 15 is 0 Å². The Hall–Kier alpha value is -1.33. The van der Waals surface area contributed by atoms with Crippen molar-refractivity contribution in [3.63, 3.8) is 0 Å². The number of ether oxygens (including phenoxy) is 1. The summed E-state index contributed by atoms with van der Waals surface area (Å²) in [7, 11) is 0. The first-order valence-electron chi connectivity index (χ1n) is 7.38. The summed E-state index contributed by atoms with van der Waals surface area (Å²) in [5.41, 5.74) is 5.23. The predicted molar refractivity (Wildman–Crippen MR) is 88.8 cm³/mol. The zero-order valence-corrected chi connectivity index (χ0v) is 14.2. The Balaban J connectivity index is 0.00000441. The summed E-state index contributed by atoms with van der Waals surface area (Å²) >= 11 is 0. The van der Waals surface area contributed by atoms with Crippen molar-refractivity contribution in [3.05, 3.63) is 30.1 Å². The topological polar surface area (TPSA) is 64.4 Å². The summed E-state index contributed by atoms with van der Waals surface area (Å²) in [5.74, 6) is 0.0559. The highest BCUT2D eigenvalue weighted by molar-refractivity contribution is 5.85. The van der Waals surface area contributed by atoms with Crippen LogP contribution in [0, 0.1) is 11.2 Å². The average molecular weight is 333 g/mol. The van der Waals surface area contributed by atoms with E-state index in [2.05, 4.69) is 5.32 Å². The Labute approximate surface area is 138 Å². The fourth-order valence-corrected chi connectivity index (χ4v) is 2.19. The first-order valence-corrected chi connectivity index (χ1v) is 7.38. The summed E-state index contributed by atoms with van der Waals surface area (Å²) in [6.45, 7) is 6.43. The van der Waals surface area contributed by atoms with Gasteiger partial charge < -0.3 is 15.8 Å². The quantitative estimate of drug-likeness (QED) is 0.769. The standard InChI is InChI=1S/C16H25FN2O2.ClH/c1-4-16(5-2,11-18)15(20)19-10-12(3)21-14-8-6-7-13(17)9-14;/h6-9,12H,4-5,10-11,18H2,1-3H3,(H,19,20);1H. The van der Waals surface area contributed by atoms with Gasteiger partial charge in [-0.15, -0.1) is 12.4 Å². The van der Waals surface area contributed by atoms with Crippen molar-refractivity contribution in [1.82, 2.24) is 5.32 Å². The van der Waals surface area contributed by atoms with Crippen LogP contribution in [0.15, 0.2) is 24.3 Å². The molecule has 0 saturated carbocycles. The van der Waals surface area contributed by atoms with Gasteiger partial charge in [0.25, 0.3) is 0 Å². The summed E-state index contributed by atoms with van der Waals surface area (Å²) < 4.78 is 18.6. The molecule has 0 aromatic heterocycles. The van der Waals surface area contributed by atoms with Gasteiger partial charge in [-0.25, -0.2) is 4.39 Å². The molecular formula is C16H26ClFN2O2. The van der Waals surface area contributed by atoms with Crippen molar-refractivity contribution in [2.75, 3.05) is 13.1 Å². The Morgan fingerprint density at radius 1 is 1.41 bits per heavy atom. The maximum absolute atomic E-state index is 13.1. The van der Waals surface area contributed by atoms with Gasteiger partial charge in [-0.1, -0.05) is 19.9 Å². The fraction of sp³-hybridized carbons (Fsp3) is 0.562. The molecule has 3 N–H and O–H groups in total. The first kappa shape index (κ1) is 20.7. The number of carbonyl (C=O) groups excluding carboxylic acids is 1. The number of halogens is 2. The SMILES string of the molecule is CCC(CC)(CN)C(=O)NCC(C)Oc1cccc(F)c1.Cl. The fourth-order valence-electron chi connectivity index (χ4n) is 2.19. The van der Waals surface area contributed by atoms with Crippen LogP contribution in [0.25, 0.3) is 0 Å². The monoisotopic (exact) mass is 332 g/mol. The molecule has 1 rings (SSSR count). The zero-order chi connectivity index (χ0) is 15.9. The van der Waals surface area contributed by atoms with Crippen LogP contribution in [0.1, 0.15) is 33.6 Å². The minimum atomic E-state index is -0.515. The molecular weight excluding hydrogens is 307 g/mol. The van der Waals surface area contributed by atoms with Gasteiger partial charge in [0.1, 0.15) is 17.7 Å². The Bertz CT molecular complexity index is 459. The Kier molecular flexibility index (Phi) is 9.06. The van der Waals surface area contributed by atoms with Gasteiger partial charge in [-0.3, -0.25) is 4.79 Å². The van der Waals surface area contributed by atoms with Crippen molar-refractivity contribution in [3.8, 4) is 5.75 Å². The highest BCUT2D eigenvalue weighted by Crippen LogP contribution is 2.24. The van der Waals surface area contributed by atoms with Gasteiger partial charge in [0.2, 0.25) is 5.91 Å². The normalized spacial score (nSPS) is 12.2. The summed E-state index contributed by atoms with van der Waals surface area (Å²) in [4.78, 5) is 12.3. The lowest BCUT2D eigenvalue weighted by molar-refractivity contribution is -0.131. The van der Waals surface area contributed by atoms with Crippen molar-refractivity contribution >= 4 is 18.3 Å². The van der Waals surface area contributed by atoms with Gasteiger partial charge in [-0.2, -0.15) is 0 Å². The number of nitrogens with one attached hydrogen (secondary N) is 1. The van der Waals surface area contributed by atoms with Gasteiger partial charge in [0.05, 0.1) is 12.0 Å². The minimum absolute atomic E-state index is 0. The smallest absolute Gasteiger partial charge is 0.227 e. The molecule has 1 aromatic carbocycles. The zero-order valence-electron chi connectivity index (χ0n) is 13.4. The van der Waals surface area contributed by atoms with Crippen LogP contribution in [0.5, 0.6) is 5.75 Å². The van der Waals surface area contributed by atoms with Crippen molar-refractivity contribution in [1.29, 1.82) is 0 Å². The van der Waals surface area contributed by atoms with E-state index in [-0.39, 0.29) is 30.2 Å². The number of carbonyl (C=O) groups is 1. The lowest BCUT2D eigenvalue weighted by Crippen LogP contribution is -2.47. The van der Waals surface area contributed by atoms with Crippen LogP contribution >= 0.6 is 12.4 Å². The molecule has 0 fully saturated rings. The van der Waals surface area contributed by atoms with E-state index in [4.69, 9.17) is 10.5 Å². The van der Waals surface area contributed by atoms with Crippen LogP contribution < -0.4 is 15.8 Å². The molecule has 1 unspecified atom stereocenters. The molecule has 0 radical (unpaired) electrons. The van der Waals surface area contributed by atoms with Crippen molar-refractivity contribution in [2.45, 2.75) is 39.7 Å². The van der Waals surface area contributed by atoms with E-state index < -0.39 is 5.41 Å². The lowest BCUT2D eigenvalue weighted by atomic mass is 9.81. The molecule has 6 heteroatoms. The summed E-state index contributed by atoms with van der Waals surface area (Å²) in [5, 5.41) is 2.87. The Morgan fingerprint density at radius 3 is 2.55 bits per heavy atom. The molecule has 0 saturated heterocycles.